The predicted octanol–water partition coefficient (Wildman–Crippen LogP) is 0.762. The van der Waals surface area contributed by atoms with Gasteiger partial charge in [-0.25, -0.2) is 0 Å². The van der Waals surface area contributed by atoms with Crippen LogP contribution in [0.4, 0.5) is 0 Å². The summed E-state index contributed by atoms with van der Waals surface area (Å²) in [4.78, 5) is 0. The van der Waals surface area contributed by atoms with Crippen LogP contribution in [0.25, 0.3) is 0 Å². The Balaban J connectivity index is 2.09. The number of aliphatic hydroxyl groups is 1. The summed E-state index contributed by atoms with van der Waals surface area (Å²) in [5.74, 6) is 0. The third-order valence-electron chi connectivity index (χ3n) is 4.02. The van der Waals surface area contributed by atoms with Gasteiger partial charge in [-0.15, -0.1) is 0 Å². The second kappa shape index (κ2) is 3.80. The highest BCUT2D eigenvalue weighted by atomic mass is 16.3. The largest absolute Gasteiger partial charge is 0.388 e. The van der Waals surface area contributed by atoms with Crippen molar-refractivity contribution < 1.29 is 5.11 Å². The van der Waals surface area contributed by atoms with Gasteiger partial charge in [0.25, 0.3) is 0 Å². The molecule has 4 N–H and O–H groups in total. The zero-order valence-electron chi connectivity index (χ0n) is 8.89. The van der Waals surface area contributed by atoms with Crippen molar-refractivity contribution in [3.8, 4) is 0 Å². The molecule has 0 aromatic heterocycles. The average molecular weight is 198 g/mol. The molecule has 1 aliphatic heterocycles. The first-order valence-electron chi connectivity index (χ1n) is 5.88. The first-order valence-corrected chi connectivity index (χ1v) is 5.88. The fourth-order valence-corrected chi connectivity index (χ4v) is 2.96. The quantitative estimate of drug-likeness (QED) is 0.583. The van der Waals surface area contributed by atoms with Gasteiger partial charge in [-0.3, -0.25) is 0 Å². The molecule has 1 saturated carbocycles. The third kappa shape index (κ3) is 1.69. The van der Waals surface area contributed by atoms with Gasteiger partial charge in [-0.05, 0) is 32.2 Å². The Bertz CT molecular complexity index is 171. The molecule has 1 aliphatic carbocycles. The number of hydrogen-bond donors (Lipinski definition) is 3. The lowest BCUT2D eigenvalue weighted by atomic mass is 9.68. The van der Waals surface area contributed by atoms with E-state index in [1.54, 1.807) is 0 Å². The summed E-state index contributed by atoms with van der Waals surface area (Å²) in [7, 11) is 0. The first-order chi connectivity index (χ1) is 6.66. The van der Waals surface area contributed by atoms with Gasteiger partial charge in [0.15, 0.2) is 0 Å². The normalized spacial score (nSPS) is 38.1. The van der Waals surface area contributed by atoms with Gasteiger partial charge in [-0.2, -0.15) is 0 Å². The van der Waals surface area contributed by atoms with Crippen LogP contribution in [-0.2, 0) is 0 Å². The summed E-state index contributed by atoms with van der Waals surface area (Å²) >= 11 is 0. The fraction of sp³-hybridized carbons (Fsp3) is 1.00. The molecule has 0 spiro atoms. The highest BCUT2D eigenvalue weighted by Gasteiger charge is 2.47. The van der Waals surface area contributed by atoms with Crippen LogP contribution in [0, 0.1) is 0 Å². The molecule has 0 amide bonds. The van der Waals surface area contributed by atoms with Gasteiger partial charge in [0.05, 0.1) is 11.1 Å². The van der Waals surface area contributed by atoms with Crippen LogP contribution in [0.15, 0.2) is 0 Å². The molecule has 0 aromatic carbocycles. The van der Waals surface area contributed by atoms with Crippen molar-refractivity contribution in [3.63, 3.8) is 0 Å². The van der Waals surface area contributed by atoms with Crippen LogP contribution in [0.1, 0.15) is 44.9 Å². The Kier molecular flexibility index (Phi) is 2.82. The van der Waals surface area contributed by atoms with Crippen LogP contribution < -0.4 is 11.1 Å². The number of nitrogens with one attached hydrogen (secondary N) is 1. The second-order valence-corrected chi connectivity index (χ2v) is 5.03. The van der Waals surface area contributed by atoms with Gasteiger partial charge in [0, 0.05) is 6.54 Å². The van der Waals surface area contributed by atoms with Crippen LogP contribution in [0.2, 0.25) is 0 Å². The molecular weight excluding hydrogens is 176 g/mol. The van der Waals surface area contributed by atoms with E-state index in [0.29, 0.717) is 0 Å². The molecule has 2 fully saturated rings. The zero-order valence-corrected chi connectivity index (χ0v) is 8.89. The monoisotopic (exact) mass is 198 g/mol. The van der Waals surface area contributed by atoms with Crippen LogP contribution in [0.3, 0.4) is 0 Å². The predicted molar refractivity (Wildman–Crippen MR) is 57.1 cm³/mol. The lowest BCUT2D eigenvalue weighted by Gasteiger charge is -2.49. The third-order valence-corrected chi connectivity index (χ3v) is 4.02. The van der Waals surface area contributed by atoms with Crippen molar-refractivity contribution in [3.05, 3.63) is 0 Å². The molecule has 2 aliphatic rings. The van der Waals surface area contributed by atoms with Gasteiger partial charge in [0.2, 0.25) is 0 Å². The second-order valence-electron chi connectivity index (χ2n) is 5.03. The molecule has 14 heavy (non-hydrogen) atoms. The Morgan fingerprint density at radius 2 is 1.71 bits per heavy atom. The first kappa shape index (κ1) is 10.4. The van der Waals surface area contributed by atoms with Crippen LogP contribution >= 0.6 is 0 Å². The number of hydrogen-bond acceptors (Lipinski definition) is 3. The smallest absolute Gasteiger partial charge is 0.0838 e. The molecule has 0 bridgehead atoms. The van der Waals surface area contributed by atoms with Gasteiger partial charge in [0.1, 0.15) is 0 Å². The van der Waals surface area contributed by atoms with Crippen molar-refractivity contribution in [1.82, 2.24) is 5.32 Å². The number of rotatable bonds is 1. The Labute approximate surface area is 86.1 Å². The molecule has 1 atom stereocenters. The van der Waals surface area contributed by atoms with Crippen molar-refractivity contribution in [2.75, 3.05) is 13.1 Å². The molecule has 2 rings (SSSR count). The van der Waals surface area contributed by atoms with E-state index in [4.69, 9.17) is 5.73 Å². The van der Waals surface area contributed by atoms with Crippen molar-refractivity contribution in [2.24, 2.45) is 5.73 Å². The standard InChI is InChI=1S/C11H22N2O/c12-10(5-4-8-13-9-10)11(14)6-2-1-3-7-11/h13-14H,1-9,12H2. The summed E-state index contributed by atoms with van der Waals surface area (Å²) in [5.41, 5.74) is 5.39. The van der Waals surface area contributed by atoms with E-state index in [-0.39, 0.29) is 5.54 Å². The van der Waals surface area contributed by atoms with Crippen LogP contribution in [0.5, 0.6) is 0 Å². The van der Waals surface area contributed by atoms with E-state index in [9.17, 15) is 5.11 Å². The zero-order chi connectivity index (χ0) is 10.1. The fourth-order valence-electron chi connectivity index (χ4n) is 2.96. The maximum absolute atomic E-state index is 10.6. The molecule has 3 nitrogen and oxygen atoms in total. The maximum Gasteiger partial charge on any atom is 0.0838 e. The van der Waals surface area contributed by atoms with Crippen molar-refractivity contribution >= 4 is 0 Å². The molecule has 1 unspecified atom stereocenters. The van der Waals surface area contributed by atoms with E-state index in [1.807, 2.05) is 0 Å². The van der Waals surface area contributed by atoms with Gasteiger partial charge < -0.3 is 16.2 Å². The highest BCUT2D eigenvalue weighted by molar-refractivity contribution is 5.07. The molecule has 3 heteroatoms. The van der Waals surface area contributed by atoms with E-state index in [0.717, 1.165) is 51.6 Å². The Morgan fingerprint density at radius 3 is 2.29 bits per heavy atom. The van der Waals surface area contributed by atoms with Crippen molar-refractivity contribution in [2.45, 2.75) is 56.1 Å². The van der Waals surface area contributed by atoms with Crippen molar-refractivity contribution in [1.29, 1.82) is 0 Å². The van der Waals surface area contributed by atoms with Gasteiger partial charge in [-0.1, -0.05) is 19.3 Å². The molecule has 82 valence electrons. The summed E-state index contributed by atoms with van der Waals surface area (Å²) in [6, 6.07) is 0. The molecule has 1 saturated heterocycles. The van der Waals surface area contributed by atoms with E-state index < -0.39 is 5.60 Å². The topological polar surface area (TPSA) is 58.3 Å². The minimum absolute atomic E-state index is 0.369. The maximum atomic E-state index is 10.6. The minimum atomic E-state index is -0.599. The molecule has 1 heterocycles. The van der Waals surface area contributed by atoms with E-state index >= 15 is 0 Å². The Morgan fingerprint density at radius 1 is 1.00 bits per heavy atom. The van der Waals surface area contributed by atoms with Gasteiger partial charge >= 0.3 is 0 Å². The van der Waals surface area contributed by atoms with Crippen LogP contribution in [-0.4, -0.2) is 29.3 Å². The molecule has 0 aromatic rings. The number of piperidine rings is 1. The minimum Gasteiger partial charge on any atom is -0.388 e. The lowest BCUT2D eigenvalue weighted by molar-refractivity contribution is -0.0723. The summed E-state index contributed by atoms with van der Waals surface area (Å²) in [6.07, 6.45) is 7.38. The van der Waals surface area contributed by atoms with E-state index in [2.05, 4.69) is 5.32 Å². The Hall–Kier alpha value is -0.120. The summed E-state index contributed by atoms with van der Waals surface area (Å²) < 4.78 is 0. The lowest BCUT2D eigenvalue weighted by Crippen LogP contribution is -2.67. The molecule has 0 radical (unpaired) electrons. The number of nitrogens with two attached hydrogens (primary N) is 1. The summed E-state index contributed by atoms with van der Waals surface area (Å²) in [5, 5.41) is 13.9. The SMILES string of the molecule is NC1(C2(O)CCCCC2)CCCNC1. The molecular formula is C11H22N2O. The van der Waals surface area contributed by atoms with E-state index in [1.165, 1.54) is 6.42 Å². The average Bonchev–Trinajstić information content (AvgIpc) is 2.20. The summed E-state index contributed by atoms with van der Waals surface area (Å²) in [6.45, 7) is 1.83. The highest BCUT2D eigenvalue weighted by Crippen LogP contribution is 2.38.